The first-order valence-corrected chi connectivity index (χ1v) is 9.39. The molecule has 4 nitrogen and oxygen atoms in total. The first-order valence-electron chi connectivity index (χ1n) is 8.51. The Balaban J connectivity index is 1.62. The molecule has 1 saturated carbocycles. The highest BCUT2D eigenvalue weighted by atomic mass is 32.1. The van der Waals surface area contributed by atoms with Crippen molar-refractivity contribution in [1.82, 2.24) is 9.88 Å². The number of aromatic nitrogens is 1. The zero-order valence-electron chi connectivity index (χ0n) is 14.1. The second-order valence-electron chi connectivity index (χ2n) is 6.22. The number of halogens is 2. The summed E-state index contributed by atoms with van der Waals surface area (Å²) in [7, 11) is 0. The number of benzene rings is 1. The Labute approximate surface area is 149 Å². The molecule has 0 aliphatic heterocycles. The molecule has 0 atom stereocenters. The molecule has 1 fully saturated rings. The number of likely N-dealkylation sites (N-methyl/N-ethyl adjacent to an activating group) is 1. The van der Waals surface area contributed by atoms with Crippen LogP contribution in [0.15, 0.2) is 23.6 Å². The number of thiazole rings is 1. The average Bonchev–Trinajstić information content (AvgIpc) is 3.27. The van der Waals surface area contributed by atoms with Crippen LogP contribution in [0.2, 0.25) is 0 Å². The van der Waals surface area contributed by atoms with Crippen molar-refractivity contribution in [1.29, 1.82) is 0 Å². The summed E-state index contributed by atoms with van der Waals surface area (Å²) in [6.45, 7) is 3.26. The van der Waals surface area contributed by atoms with Crippen molar-refractivity contribution >= 4 is 22.4 Å². The Morgan fingerprint density at radius 3 is 2.76 bits per heavy atom. The topological polar surface area (TPSA) is 45.2 Å². The molecule has 1 aliphatic carbocycles. The summed E-state index contributed by atoms with van der Waals surface area (Å²) in [4.78, 5) is 18.8. The third-order valence-corrected chi connectivity index (χ3v) is 5.32. The van der Waals surface area contributed by atoms with E-state index in [1.165, 1.54) is 30.2 Å². The Bertz CT molecular complexity index is 744. The van der Waals surface area contributed by atoms with Gasteiger partial charge in [0, 0.05) is 17.0 Å². The number of carbonyl (C=O) groups excluding carboxylic acids is 1. The Kier molecular flexibility index (Phi) is 5.75. The van der Waals surface area contributed by atoms with Gasteiger partial charge in [-0.1, -0.05) is 19.8 Å². The van der Waals surface area contributed by atoms with E-state index in [1.54, 1.807) is 5.38 Å². The van der Waals surface area contributed by atoms with Crippen molar-refractivity contribution in [2.45, 2.75) is 38.6 Å². The number of nitrogens with one attached hydrogen (secondary N) is 1. The van der Waals surface area contributed by atoms with Crippen molar-refractivity contribution in [3.05, 3.63) is 35.2 Å². The predicted molar refractivity (Wildman–Crippen MR) is 95.6 cm³/mol. The second-order valence-corrected chi connectivity index (χ2v) is 7.07. The summed E-state index contributed by atoms with van der Waals surface area (Å²) in [5, 5.41) is 4.99. The predicted octanol–water partition coefficient (Wildman–Crippen LogP) is 4.29. The van der Waals surface area contributed by atoms with Crippen molar-refractivity contribution in [2.75, 3.05) is 18.4 Å². The van der Waals surface area contributed by atoms with E-state index in [1.807, 2.05) is 0 Å². The van der Waals surface area contributed by atoms with Gasteiger partial charge in [-0.3, -0.25) is 9.69 Å². The lowest BCUT2D eigenvalue weighted by molar-refractivity contribution is -0.117. The van der Waals surface area contributed by atoms with Crippen molar-refractivity contribution < 1.29 is 13.6 Å². The van der Waals surface area contributed by atoms with Gasteiger partial charge in [0.25, 0.3) is 0 Å². The quantitative estimate of drug-likeness (QED) is 0.830. The van der Waals surface area contributed by atoms with Crippen LogP contribution in [0.25, 0.3) is 11.3 Å². The van der Waals surface area contributed by atoms with Gasteiger partial charge in [0.05, 0.1) is 12.2 Å². The van der Waals surface area contributed by atoms with Gasteiger partial charge in [0.2, 0.25) is 5.91 Å². The van der Waals surface area contributed by atoms with Gasteiger partial charge in [-0.05, 0) is 37.6 Å². The minimum Gasteiger partial charge on any atom is -0.301 e. The van der Waals surface area contributed by atoms with E-state index in [0.29, 0.717) is 29.0 Å². The van der Waals surface area contributed by atoms with E-state index in [2.05, 4.69) is 22.1 Å². The second kappa shape index (κ2) is 8.01. The van der Waals surface area contributed by atoms with Gasteiger partial charge in [0.1, 0.15) is 0 Å². The number of hydrogen-bond donors (Lipinski definition) is 1. The maximum Gasteiger partial charge on any atom is 0.240 e. The van der Waals surface area contributed by atoms with Crippen LogP contribution in [-0.2, 0) is 4.79 Å². The molecule has 0 unspecified atom stereocenters. The molecule has 7 heteroatoms. The summed E-state index contributed by atoms with van der Waals surface area (Å²) in [6, 6.07) is 4.14. The SMILES string of the molecule is CCN(CC(=O)Nc1nc(-c2ccc(F)c(F)c2)cs1)C1CCCC1. The molecular formula is C18H21F2N3OS. The molecule has 0 bridgehead atoms. The highest BCUT2D eigenvalue weighted by Gasteiger charge is 2.23. The van der Waals surface area contributed by atoms with Crippen LogP contribution >= 0.6 is 11.3 Å². The number of carbonyl (C=O) groups is 1. The van der Waals surface area contributed by atoms with Crippen LogP contribution in [0.4, 0.5) is 13.9 Å². The van der Waals surface area contributed by atoms with E-state index in [0.717, 1.165) is 31.5 Å². The first-order chi connectivity index (χ1) is 12.1. The molecule has 0 saturated heterocycles. The molecule has 1 aliphatic rings. The average molecular weight is 365 g/mol. The van der Waals surface area contributed by atoms with Gasteiger partial charge < -0.3 is 5.32 Å². The maximum absolute atomic E-state index is 13.3. The minimum absolute atomic E-state index is 0.0973. The fourth-order valence-electron chi connectivity index (χ4n) is 3.23. The van der Waals surface area contributed by atoms with Crippen molar-refractivity contribution in [3.63, 3.8) is 0 Å². The van der Waals surface area contributed by atoms with E-state index in [9.17, 15) is 13.6 Å². The Morgan fingerprint density at radius 1 is 1.32 bits per heavy atom. The van der Waals surface area contributed by atoms with Gasteiger partial charge >= 0.3 is 0 Å². The van der Waals surface area contributed by atoms with Crippen LogP contribution < -0.4 is 5.32 Å². The highest BCUT2D eigenvalue weighted by Crippen LogP contribution is 2.26. The lowest BCUT2D eigenvalue weighted by atomic mass is 10.2. The molecule has 1 aromatic heterocycles. The van der Waals surface area contributed by atoms with Crippen molar-refractivity contribution in [2.24, 2.45) is 0 Å². The molecule has 134 valence electrons. The van der Waals surface area contributed by atoms with Gasteiger partial charge in [-0.25, -0.2) is 13.8 Å². The fraction of sp³-hybridized carbons (Fsp3) is 0.444. The maximum atomic E-state index is 13.3. The van der Waals surface area contributed by atoms with E-state index >= 15 is 0 Å². The first kappa shape index (κ1) is 17.9. The number of amides is 1. The molecule has 1 aromatic carbocycles. The molecule has 1 heterocycles. The Morgan fingerprint density at radius 2 is 2.08 bits per heavy atom. The number of nitrogens with zero attached hydrogens (tertiary/aromatic N) is 2. The molecule has 0 spiro atoms. The van der Waals surface area contributed by atoms with Crippen molar-refractivity contribution in [3.8, 4) is 11.3 Å². The normalized spacial score (nSPS) is 15.0. The highest BCUT2D eigenvalue weighted by molar-refractivity contribution is 7.14. The molecule has 1 N–H and O–H groups in total. The van der Waals surface area contributed by atoms with Crippen LogP contribution in [0, 0.1) is 11.6 Å². The van der Waals surface area contributed by atoms with Crippen LogP contribution in [0.3, 0.4) is 0 Å². The third-order valence-electron chi connectivity index (χ3n) is 4.56. The Hall–Kier alpha value is -1.86. The summed E-state index contributed by atoms with van der Waals surface area (Å²) in [5.41, 5.74) is 0.999. The fourth-order valence-corrected chi connectivity index (χ4v) is 3.97. The lowest BCUT2D eigenvalue weighted by Crippen LogP contribution is -2.39. The summed E-state index contributed by atoms with van der Waals surface area (Å²) in [6.07, 6.45) is 4.76. The molecule has 2 aromatic rings. The van der Waals surface area contributed by atoms with E-state index in [4.69, 9.17) is 0 Å². The zero-order chi connectivity index (χ0) is 17.8. The molecular weight excluding hydrogens is 344 g/mol. The van der Waals surface area contributed by atoms with Crippen LogP contribution in [-0.4, -0.2) is 34.9 Å². The largest absolute Gasteiger partial charge is 0.301 e. The number of hydrogen-bond acceptors (Lipinski definition) is 4. The van der Waals surface area contributed by atoms with E-state index in [-0.39, 0.29) is 5.91 Å². The molecule has 0 radical (unpaired) electrons. The minimum atomic E-state index is -0.911. The number of rotatable bonds is 6. The molecule has 1 amide bonds. The third kappa shape index (κ3) is 4.41. The molecule has 25 heavy (non-hydrogen) atoms. The van der Waals surface area contributed by atoms with Gasteiger partial charge in [0.15, 0.2) is 16.8 Å². The monoisotopic (exact) mass is 365 g/mol. The summed E-state index contributed by atoms with van der Waals surface area (Å²) >= 11 is 1.27. The zero-order valence-corrected chi connectivity index (χ0v) is 14.9. The number of anilines is 1. The van der Waals surface area contributed by atoms with Crippen LogP contribution in [0.5, 0.6) is 0 Å². The molecule has 3 rings (SSSR count). The standard InChI is InChI=1S/C18H21F2N3OS/c1-2-23(13-5-3-4-6-13)10-17(24)22-18-21-16(11-25-18)12-7-8-14(19)15(20)9-12/h7-9,11,13H,2-6,10H2,1H3,(H,21,22,24). The van der Waals surface area contributed by atoms with Gasteiger partial charge in [-0.2, -0.15) is 0 Å². The lowest BCUT2D eigenvalue weighted by Gasteiger charge is -2.26. The smallest absolute Gasteiger partial charge is 0.240 e. The van der Waals surface area contributed by atoms with E-state index < -0.39 is 11.6 Å². The van der Waals surface area contributed by atoms with Gasteiger partial charge in [-0.15, -0.1) is 11.3 Å². The summed E-state index contributed by atoms with van der Waals surface area (Å²) in [5.74, 6) is -1.90. The van der Waals surface area contributed by atoms with Crippen LogP contribution in [0.1, 0.15) is 32.6 Å². The summed E-state index contributed by atoms with van der Waals surface area (Å²) < 4.78 is 26.4.